The third-order valence-electron chi connectivity index (χ3n) is 1.49. The van der Waals surface area contributed by atoms with Gasteiger partial charge < -0.3 is 9.64 Å². The van der Waals surface area contributed by atoms with E-state index in [1.54, 1.807) is 7.05 Å². The standard InChI is InChI=1S/C10H18N2O2/c1-10(2,3)14-9(13)12(4)8-6-5-7-11/h5-6,8H2,1-4H3. The first-order valence-electron chi connectivity index (χ1n) is 4.68. The van der Waals surface area contributed by atoms with Crippen LogP contribution in [0.25, 0.3) is 0 Å². The zero-order chi connectivity index (χ0) is 11.2. The fourth-order valence-electron chi connectivity index (χ4n) is 0.826. The number of unbranched alkanes of at least 4 members (excludes halogenated alkanes) is 1. The Labute approximate surface area is 85.5 Å². The predicted molar refractivity (Wildman–Crippen MR) is 53.7 cm³/mol. The van der Waals surface area contributed by atoms with Crippen molar-refractivity contribution in [2.24, 2.45) is 0 Å². The number of nitriles is 1. The first-order chi connectivity index (χ1) is 6.37. The molecule has 0 heterocycles. The highest BCUT2D eigenvalue weighted by Gasteiger charge is 2.18. The first kappa shape index (κ1) is 12.8. The van der Waals surface area contributed by atoms with Gasteiger partial charge in [0.05, 0.1) is 6.07 Å². The van der Waals surface area contributed by atoms with Crippen molar-refractivity contribution in [3.63, 3.8) is 0 Å². The van der Waals surface area contributed by atoms with Crippen LogP contribution >= 0.6 is 0 Å². The van der Waals surface area contributed by atoms with Crippen LogP contribution in [0.4, 0.5) is 4.79 Å². The maximum atomic E-state index is 11.4. The zero-order valence-electron chi connectivity index (χ0n) is 9.33. The minimum Gasteiger partial charge on any atom is -0.444 e. The fraction of sp³-hybridized carbons (Fsp3) is 0.800. The summed E-state index contributed by atoms with van der Waals surface area (Å²) in [6, 6.07) is 2.03. The van der Waals surface area contributed by atoms with Crippen molar-refractivity contribution >= 4 is 6.09 Å². The van der Waals surface area contributed by atoms with E-state index in [0.29, 0.717) is 19.4 Å². The molecule has 14 heavy (non-hydrogen) atoms. The number of hydrogen-bond donors (Lipinski definition) is 0. The molecule has 0 unspecified atom stereocenters. The van der Waals surface area contributed by atoms with Gasteiger partial charge in [0.2, 0.25) is 0 Å². The summed E-state index contributed by atoms with van der Waals surface area (Å²) in [4.78, 5) is 12.9. The SMILES string of the molecule is CN(CCCC#N)C(=O)OC(C)(C)C. The summed E-state index contributed by atoms with van der Waals surface area (Å²) in [5, 5.41) is 8.32. The Hall–Kier alpha value is -1.24. The summed E-state index contributed by atoms with van der Waals surface area (Å²) in [6.45, 7) is 6.04. The lowest BCUT2D eigenvalue weighted by Crippen LogP contribution is -2.34. The Bertz CT molecular complexity index is 225. The van der Waals surface area contributed by atoms with Gasteiger partial charge in [-0.25, -0.2) is 4.79 Å². The van der Waals surface area contributed by atoms with Gasteiger partial charge in [-0.15, -0.1) is 0 Å². The molecule has 0 aromatic heterocycles. The quantitative estimate of drug-likeness (QED) is 0.653. The topological polar surface area (TPSA) is 53.3 Å². The molecule has 0 saturated heterocycles. The van der Waals surface area contributed by atoms with E-state index in [1.807, 2.05) is 26.8 Å². The van der Waals surface area contributed by atoms with Crippen LogP contribution in [0.2, 0.25) is 0 Å². The van der Waals surface area contributed by atoms with E-state index in [-0.39, 0.29) is 6.09 Å². The predicted octanol–water partition coefficient (Wildman–Crippen LogP) is 2.16. The van der Waals surface area contributed by atoms with E-state index in [4.69, 9.17) is 10.00 Å². The average molecular weight is 198 g/mol. The minimum atomic E-state index is -0.458. The molecule has 80 valence electrons. The van der Waals surface area contributed by atoms with Crippen LogP contribution in [0.5, 0.6) is 0 Å². The molecule has 0 atom stereocenters. The summed E-state index contributed by atoms with van der Waals surface area (Å²) in [7, 11) is 1.67. The van der Waals surface area contributed by atoms with Crippen molar-refractivity contribution in [3.05, 3.63) is 0 Å². The van der Waals surface area contributed by atoms with Crippen molar-refractivity contribution in [1.29, 1.82) is 5.26 Å². The van der Waals surface area contributed by atoms with Gasteiger partial charge in [0, 0.05) is 20.0 Å². The van der Waals surface area contributed by atoms with Gasteiger partial charge in [0.15, 0.2) is 0 Å². The monoisotopic (exact) mass is 198 g/mol. The maximum absolute atomic E-state index is 11.4. The smallest absolute Gasteiger partial charge is 0.410 e. The number of ether oxygens (including phenoxy) is 1. The van der Waals surface area contributed by atoms with Gasteiger partial charge in [-0.3, -0.25) is 0 Å². The van der Waals surface area contributed by atoms with E-state index in [0.717, 1.165) is 0 Å². The van der Waals surface area contributed by atoms with Gasteiger partial charge in [-0.1, -0.05) is 0 Å². The van der Waals surface area contributed by atoms with E-state index < -0.39 is 5.60 Å². The summed E-state index contributed by atoms with van der Waals surface area (Å²) in [5.74, 6) is 0. The maximum Gasteiger partial charge on any atom is 0.410 e. The third kappa shape index (κ3) is 6.30. The molecule has 0 fully saturated rings. The molecule has 0 rings (SSSR count). The van der Waals surface area contributed by atoms with Crippen LogP contribution in [-0.2, 0) is 4.74 Å². The summed E-state index contributed by atoms with van der Waals surface area (Å²) in [5.41, 5.74) is -0.458. The molecule has 4 nitrogen and oxygen atoms in total. The van der Waals surface area contributed by atoms with Crippen molar-refractivity contribution in [1.82, 2.24) is 4.90 Å². The molecule has 0 aliphatic carbocycles. The lowest BCUT2D eigenvalue weighted by atomic mass is 10.2. The van der Waals surface area contributed by atoms with E-state index >= 15 is 0 Å². The molecular weight excluding hydrogens is 180 g/mol. The van der Waals surface area contributed by atoms with Crippen LogP contribution in [0, 0.1) is 11.3 Å². The Morgan fingerprint density at radius 1 is 1.50 bits per heavy atom. The van der Waals surface area contributed by atoms with E-state index in [1.165, 1.54) is 4.90 Å². The Morgan fingerprint density at radius 2 is 2.07 bits per heavy atom. The third-order valence-corrected chi connectivity index (χ3v) is 1.49. The van der Waals surface area contributed by atoms with Crippen LogP contribution in [0.3, 0.4) is 0 Å². The molecular formula is C10H18N2O2. The van der Waals surface area contributed by atoms with Gasteiger partial charge in [-0.05, 0) is 27.2 Å². The lowest BCUT2D eigenvalue weighted by molar-refractivity contribution is 0.0297. The van der Waals surface area contributed by atoms with Crippen LogP contribution in [0.1, 0.15) is 33.6 Å². The first-order valence-corrected chi connectivity index (χ1v) is 4.68. The highest BCUT2D eigenvalue weighted by molar-refractivity contribution is 5.67. The molecule has 0 aliphatic heterocycles. The van der Waals surface area contributed by atoms with Gasteiger partial charge in [0.1, 0.15) is 5.60 Å². The second kappa shape index (κ2) is 5.48. The molecule has 0 aliphatic rings. The number of carbonyl (C=O) groups is 1. The molecule has 0 saturated carbocycles. The number of amides is 1. The molecule has 4 heteroatoms. The second-order valence-corrected chi connectivity index (χ2v) is 4.16. The summed E-state index contributed by atoms with van der Waals surface area (Å²) in [6.07, 6.45) is 0.815. The van der Waals surface area contributed by atoms with Crippen molar-refractivity contribution in [3.8, 4) is 6.07 Å². The van der Waals surface area contributed by atoms with E-state index in [2.05, 4.69) is 0 Å². The normalized spacial score (nSPS) is 10.5. The molecule has 0 N–H and O–H groups in total. The molecule has 0 aromatic carbocycles. The van der Waals surface area contributed by atoms with Crippen LogP contribution < -0.4 is 0 Å². The number of carbonyl (C=O) groups excluding carboxylic acids is 1. The number of rotatable bonds is 3. The Kier molecular flexibility index (Phi) is 5.00. The highest BCUT2D eigenvalue weighted by Crippen LogP contribution is 2.09. The molecule has 0 radical (unpaired) electrons. The number of hydrogen-bond acceptors (Lipinski definition) is 3. The van der Waals surface area contributed by atoms with Gasteiger partial charge in [0.25, 0.3) is 0 Å². The van der Waals surface area contributed by atoms with Gasteiger partial charge >= 0.3 is 6.09 Å². The second-order valence-electron chi connectivity index (χ2n) is 4.16. The van der Waals surface area contributed by atoms with Gasteiger partial charge in [-0.2, -0.15) is 5.26 Å². The van der Waals surface area contributed by atoms with Crippen molar-refractivity contribution < 1.29 is 9.53 Å². The Balaban J connectivity index is 3.84. The number of nitrogens with zero attached hydrogens (tertiary/aromatic N) is 2. The van der Waals surface area contributed by atoms with Crippen molar-refractivity contribution in [2.45, 2.75) is 39.2 Å². The molecule has 0 aromatic rings. The lowest BCUT2D eigenvalue weighted by Gasteiger charge is -2.24. The summed E-state index contributed by atoms with van der Waals surface area (Å²) < 4.78 is 5.13. The Morgan fingerprint density at radius 3 is 2.50 bits per heavy atom. The molecule has 1 amide bonds. The van der Waals surface area contributed by atoms with Crippen LogP contribution in [-0.4, -0.2) is 30.2 Å². The minimum absolute atomic E-state index is 0.338. The molecule has 0 bridgehead atoms. The largest absolute Gasteiger partial charge is 0.444 e. The fourth-order valence-corrected chi connectivity index (χ4v) is 0.826. The van der Waals surface area contributed by atoms with E-state index in [9.17, 15) is 4.79 Å². The van der Waals surface area contributed by atoms with Crippen molar-refractivity contribution in [2.75, 3.05) is 13.6 Å². The molecule has 0 spiro atoms. The average Bonchev–Trinajstić information content (AvgIpc) is 2.01. The van der Waals surface area contributed by atoms with Crippen LogP contribution in [0.15, 0.2) is 0 Å². The highest BCUT2D eigenvalue weighted by atomic mass is 16.6. The summed E-state index contributed by atoms with van der Waals surface area (Å²) >= 11 is 0. The zero-order valence-corrected chi connectivity index (χ0v) is 9.33.